The van der Waals surface area contributed by atoms with E-state index in [0.29, 0.717) is 34.0 Å². The molecule has 0 amide bonds. The second-order valence-electron chi connectivity index (χ2n) is 4.31. The maximum atomic E-state index is 11.5. The first-order valence-electron chi connectivity index (χ1n) is 5.97. The van der Waals surface area contributed by atoms with Gasteiger partial charge in [-0.2, -0.15) is 0 Å². The number of ketones is 1. The summed E-state index contributed by atoms with van der Waals surface area (Å²) in [5.41, 5.74) is 0. The molecule has 0 bridgehead atoms. The first kappa shape index (κ1) is 15.9. The molecule has 0 heterocycles. The van der Waals surface area contributed by atoms with Crippen molar-refractivity contribution < 1.29 is 19.0 Å². The highest BCUT2D eigenvalue weighted by molar-refractivity contribution is 6.43. The van der Waals surface area contributed by atoms with Gasteiger partial charge in [0.2, 0.25) is 0 Å². The number of rotatable bonds is 6. The van der Waals surface area contributed by atoms with Crippen molar-refractivity contribution in [3.05, 3.63) is 27.2 Å². The summed E-state index contributed by atoms with van der Waals surface area (Å²) in [5.74, 6) is 0.390. The van der Waals surface area contributed by atoms with Crippen LogP contribution in [-0.2, 0) is 14.3 Å². The number of benzene rings is 1. The number of methoxy groups -OCH3 is 1. The molecule has 20 heavy (non-hydrogen) atoms. The van der Waals surface area contributed by atoms with E-state index in [1.54, 1.807) is 7.11 Å². The van der Waals surface area contributed by atoms with Crippen LogP contribution in [0, 0.1) is 0 Å². The van der Waals surface area contributed by atoms with Crippen molar-refractivity contribution in [2.45, 2.75) is 18.6 Å². The van der Waals surface area contributed by atoms with Crippen molar-refractivity contribution in [2.24, 2.45) is 0 Å². The third-order valence-corrected chi connectivity index (χ3v) is 3.91. The summed E-state index contributed by atoms with van der Waals surface area (Å²) in [6.07, 6.45) is -0.668. The lowest BCUT2D eigenvalue weighted by molar-refractivity contribution is -0.156. The van der Waals surface area contributed by atoms with E-state index in [0.717, 1.165) is 0 Å². The summed E-state index contributed by atoms with van der Waals surface area (Å²) < 4.78 is 15.9. The van der Waals surface area contributed by atoms with Crippen LogP contribution in [0.1, 0.15) is 6.42 Å². The predicted molar refractivity (Wildman–Crippen MR) is 77.1 cm³/mol. The zero-order chi connectivity index (χ0) is 14.7. The molecule has 0 aromatic heterocycles. The van der Waals surface area contributed by atoms with E-state index in [4.69, 9.17) is 49.0 Å². The Labute approximate surface area is 131 Å². The maximum absolute atomic E-state index is 11.5. The van der Waals surface area contributed by atoms with E-state index in [2.05, 4.69) is 0 Å². The van der Waals surface area contributed by atoms with Gasteiger partial charge in [0, 0.05) is 19.6 Å². The van der Waals surface area contributed by atoms with Crippen LogP contribution in [0.4, 0.5) is 0 Å². The lowest BCUT2D eigenvalue weighted by atomic mass is 9.90. The number of ether oxygens (including phenoxy) is 3. The third kappa shape index (κ3) is 3.57. The molecule has 0 spiro atoms. The summed E-state index contributed by atoms with van der Waals surface area (Å²) >= 11 is 17.8. The second kappa shape index (κ2) is 6.96. The van der Waals surface area contributed by atoms with Crippen LogP contribution in [0.3, 0.4) is 0 Å². The van der Waals surface area contributed by atoms with Crippen LogP contribution < -0.4 is 4.74 Å². The summed E-state index contributed by atoms with van der Waals surface area (Å²) in [7, 11) is 1.56. The first-order chi connectivity index (χ1) is 9.52. The fraction of sp³-hybridized carbons (Fsp3) is 0.462. The fourth-order valence-electron chi connectivity index (χ4n) is 1.79. The van der Waals surface area contributed by atoms with Crippen molar-refractivity contribution in [1.82, 2.24) is 0 Å². The molecule has 2 rings (SSSR count). The van der Waals surface area contributed by atoms with Crippen LogP contribution in [0.15, 0.2) is 12.1 Å². The summed E-state index contributed by atoms with van der Waals surface area (Å²) in [6.45, 7) is 0.756. The van der Waals surface area contributed by atoms with Gasteiger partial charge in [-0.1, -0.05) is 34.8 Å². The topological polar surface area (TPSA) is 44.8 Å². The van der Waals surface area contributed by atoms with Gasteiger partial charge in [-0.3, -0.25) is 4.79 Å². The van der Waals surface area contributed by atoms with E-state index in [1.165, 1.54) is 12.1 Å². The molecule has 2 atom stereocenters. The number of carbonyl (C=O) groups is 1. The zero-order valence-electron chi connectivity index (χ0n) is 10.7. The SMILES string of the molecule is COCCOC1C(=O)CC1Oc1cc(Cl)c(Cl)cc1Cl. The van der Waals surface area contributed by atoms with E-state index in [9.17, 15) is 4.79 Å². The van der Waals surface area contributed by atoms with Gasteiger partial charge in [0.25, 0.3) is 0 Å². The fourth-order valence-corrected chi connectivity index (χ4v) is 2.37. The molecule has 1 aliphatic rings. The lowest BCUT2D eigenvalue weighted by Crippen LogP contribution is -2.52. The standard InChI is InChI=1S/C13H13Cl3O4/c1-18-2-3-19-13-10(17)6-12(13)20-11-5-8(15)7(14)4-9(11)16/h4-5,12-13H,2-3,6H2,1H3. The van der Waals surface area contributed by atoms with Crippen molar-refractivity contribution in [3.8, 4) is 5.75 Å². The highest BCUT2D eigenvalue weighted by atomic mass is 35.5. The number of carbonyl (C=O) groups excluding carboxylic acids is 1. The summed E-state index contributed by atoms with van der Waals surface area (Å²) in [4.78, 5) is 11.5. The van der Waals surface area contributed by atoms with Crippen LogP contribution in [0.5, 0.6) is 5.75 Å². The minimum absolute atomic E-state index is 0.00212. The molecule has 1 aliphatic carbocycles. The van der Waals surface area contributed by atoms with Gasteiger partial charge in [0.1, 0.15) is 11.9 Å². The van der Waals surface area contributed by atoms with E-state index in [1.807, 2.05) is 0 Å². The monoisotopic (exact) mass is 338 g/mol. The average Bonchev–Trinajstić information content (AvgIpc) is 2.40. The Balaban J connectivity index is 1.99. The highest BCUT2D eigenvalue weighted by Crippen LogP contribution is 2.36. The quantitative estimate of drug-likeness (QED) is 0.588. The Hall–Kier alpha value is -0.520. The van der Waals surface area contributed by atoms with Gasteiger partial charge in [-0.25, -0.2) is 0 Å². The van der Waals surface area contributed by atoms with Gasteiger partial charge in [0.15, 0.2) is 11.9 Å². The molecule has 1 fully saturated rings. The van der Waals surface area contributed by atoms with E-state index < -0.39 is 6.10 Å². The highest BCUT2D eigenvalue weighted by Gasteiger charge is 2.43. The summed E-state index contributed by atoms with van der Waals surface area (Å²) in [5, 5.41) is 1.03. The van der Waals surface area contributed by atoms with Crippen LogP contribution in [0.2, 0.25) is 15.1 Å². The number of Topliss-reactive ketones (excluding diaryl/α,β-unsaturated/α-hetero) is 1. The van der Waals surface area contributed by atoms with Crippen LogP contribution in [0.25, 0.3) is 0 Å². The largest absolute Gasteiger partial charge is 0.485 e. The Bertz CT molecular complexity index is 507. The van der Waals surface area contributed by atoms with E-state index >= 15 is 0 Å². The molecule has 0 aliphatic heterocycles. The Morgan fingerprint density at radius 3 is 2.50 bits per heavy atom. The lowest BCUT2D eigenvalue weighted by Gasteiger charge is -2.34. The summed E-state index contributed by atoms with van der Waals surface area (Å²) in [6, 6.07) is 3.03. The first-order valence-corrected chi connectivity index (χ1v) is 7.10. The Morgan fingerprint density at radius 2 is 1.85 bits per heavy atom. The van der Waals surface area contributed by atoms with Gasteiger partial charge >= 0.3 is 0 Å². The van der Waals surface area contributed by atoms with Crippen molar-refractivity contribution in [3.63, 3.8) is 0 Å². The van der Waals surface area contributed by atoms with Gasteiger partial charge < -0.3 is 14.2 Å². The van der Waals surface area contributed by atoms with E-state index in [-0.39, 0.29) is 18.3 Å². The van der Waals surface area contributed by atoms with Crippen LogP contribution >= 0.6 is 34.8 Å². The molecular formula is C13H13Cl3O4. The zero-order valence-corrected chi connectivity index (χ0v) is 13.0. The molecule has 0 saturated heterocycles. The Kier molecular flexibility index (Phi) is 5.52. The van der Waals surface area contributed by atoms with Gasteiger partial charge in [0.05, 0.1) is 28.3 Å². The molecule has 1 aromatic rings. The van der Waals surface area contributed by atoms with Crippen molar-refractivity contribution >= 4 is 40.6 Å². The maximum Gasteiger partial charge on any atom is 0.169 e. The molecule has 7 heteroatoms. The average molecular weight is 340 g/mol. The molecule has 0 N–H and O–H groups in total. The predicted octanol–water partition coefficient (Wildman–Crippen LogP) is 3.40. The van der Waals surface area contributed by atoms with Crippen molar-refractivity contribution in [2.75, 3.05) is 20.3 Å². The molecule has 0 radical (unpaired) electrons. The molecular weight excluding hydrogens is 326 g/mol. The normalized spacial score (nSPS) is 21.7. The smallest absolute Gasteiger partial charge is 0.169 e. The molecule has 1 saturated carbocycles. The third-order valence-electron chi connectivity index (χ3n) is 2.90. The van der Waals surface area contributed by atoms with Gasteiger partial charge in [-0.05, 0) is 6.07 Å². The van der Waals surface area contributed by atoms with Crippen molar-refractivity contribution in [1.29, 1.82) is 0 Å². The minimum atomic E-state index is -0.587. The molecule has 2 unspecified atom stereocenters. The number of halogens is 3. The second-order valence-corrected chi connectivity index (χ2v) is 5.53. The number of hydrogen-bond donors (Lipinski definition) is 0. The minimum Gasteiger partial charge on any atom is -0.485 e. The molecule has 4 nitrogen and oxygen atoms in total. The molecule has 110 valence electrons. The Morgan fingerprint density at radius 1 is 1.15 bits per heavy atom. The van der Waals surface area contributed by atoms with Crippen LogP contribution in [-0.4, -0.2) is 38.3 Å². The molecule has 1 aromatic carbocycles. The van der Waals surface area contributed by atoms with Gasteiger partial charge in [-0.15, -0.1) is 0 Å². The number of hydrogen-bond acceptors (Lipinski definition) is 4.